The van der Waals surface area contributed by atoms with Crippen LogP contribution in [0.25, 0.3) is 0 Å². The van der Waals surface area contributed by atoms with Crippen LogP contribution in [0.2, 0.25) is 0 Å². The number of carbonyl (C=O) groups excluding carboxylic acids is 2. The van der Waals surface area contributed by atoms with Crippen molar-refractivity contribution in [3.05, 3.63) is 60.2 Å². The lowest BCUT2D eigenvalue weighted by atomic mass is 10.1. The van der Waals surface area contributed by atoms with Gasteiger partial charge in [-0.3, -0.25) is 14.5 Å². The second-order valence-electron chi connectivity index (χ2n) is 6.17. The Morgan fingerprint density at radius 3 is 2.50 bits per heavy atom. The van der Waals surface area contributed by atoms with Gasteiger partial charge in [0.1, 0.15) is 12.6 Å². The van der Waals surface area contributed by atoms with Gasteiger partial charge in [-0.25, -0.2) is 0 Å². The molecule has 1 aliphatic heterocycles. The molecule has 3 rings (SSSR count). The fourth-order valence-corrected chi connectivity index (χ4v) is 3.06. The van der Waals surface area contributed by atoms with Crippen molar-refractivity contribution in [2.24, 2.45) is 0 Å². The number of para-hydroxylation sites is 2. The number of benzene rings is 2. The van der Waals surface area contributed by atoms with E-state index in [-0.39, 0.29) is 30.4 Å². The zero-order chi connectivity index (χ0) is 17.1. The molecule has 0 fully saturated rings. The Kier molecular flexibility index (Phi) is 4.62. The summed E-state index contributed by atoms with van der Waals surface area (Å²) < 4.78 is 0. The molecule has 0 saturated heterocycles. The zero-order valence-corrected chi connectivity index (χ0v) is 13.9. The maximum Gasteiger partial charge on any atom is 0.285 e. The Morgan fingerprint density at radius 2 is 1.75 bits per heavy atom. The molecule has 1 heterocycles. The topological polar surface area (TPSA) is 66.0 Å². The first-order valence-corrected chi connectivity index (χ1v) is 8.16. The summed E-state index contributed by atoms with van der Waals surface area (Å²) in [5.74, 6) is -0.217. The van der Waals surface area contributed by atoms with Crippen LogP contribution in [-0.2, 0) is 9.59 Å². The van der Waals surface area contributed by atoms with Crippen LogP contribution < -0.4 is 15.5 Å². The van der Waals surface area contributed by atoms with E-state index in [0.717, 1.165) is 5.69 Å². The molecule has 2 amide bonds. The molecule has 0 aliphatic carbocycles. The van der Waals surface area contributed by atoms with Gasteiger partial charge in [0, 0.05) is 5.56 Å². The minimum atomic E-state index is -0.279. The minimum Gasteiger partial charge on any atom is -0.330 e. The fraction of sp³-hybridized carbons (Fsp3) is 0.263. The van der Waals surface area contributed by atoms with E-state index in [1.54, 1.807) is 4.90 Å². The van der Waals surface area contributed by atoms with E-state index >= 15 is 0 Å². The molecule has 0 radical (unpaired) electrons. The highest BCUT2D eigenvalue weighted by atomic mass is 16.2. The summed E-state index contributed by atoms with van der Waals surface area (Å²) >= 11 is 0. The second kappa shape index (κ2) is 6.84. The molecular weight excluding hydrogens is 302 g/mol. The number of fused-ring (bicyclic) bond motifs is 1. The van der Waals surface area contributed by atoms with Crippen LogP contribution in [-0.4, -0.2) is 24.4 Å². The van der Waals surface area contributed by atoms with Crippen LogP contribution >= 0.6 is 0 Å². The van der Waals surface area contributed by atoms with Crippen LogP contribution in [0.15, 0.2) is 54.6 Å². The number of rotatable bonds is 4. The summed E-state index contributed by atoms with van der Waals surface area (Å²) in [5.41, 5.74) is 2.62. The second-order valence-corrected chi connectivity index (χ2v) is 6.17. The minimum absolute atomic E-state index is 0.0555. The fourth-order valence-electron chi connectivity index (χ4n) is 3.06. The van der Waals surface area contributed by atoms with Gasteiger partial charge in [0.2, 0.25) is 5.91 Å². The lowest BCUT2D eigenvalue weighted by Crippen LogP contribution is -2.92. The van der Waals surface area contributed by atoms with Crippen LogP contribution in [0.5, 0.6) is 0 Å². The van der Waals surface area contributed by atoms with E-state index in [4.69, 9.17) is 0 Å². The number of nitrogens with two attached hydrogens (primary N) is 1. The molecule has 3 N–H and O–H groups in total. The SMILES string of the molecule is C[C@@H]([NH2+][C@H](C)c1ccccc1)C(=O)N1CC(=O)Nc2ccccc21. The molecule has 0 aromatic heterocycles. The highest BCUT2D eigenvalue weighted by Gasteiger charge is 2.32. The van der Waals surface area contributed by atoms with Gasteiger partial charge in [0.25, 0.3) is 5.91 Å². The molecule has 2 aromatic carbocycles. The van der Waals surface area contributed by atoms with Crippen molar-refractivity contribution in [3.63, 3.8) is 0 Å². The number of carbonyl (C=O) groups is 2. The van der Waals surface area contributed by atoms with Crippen LogP contribution in [0.4, 0.5) is 11.4 Å². The molecule has 0 bridgehead atoms. The van der Waals surface area contributed by atoms with Crippen LogP contribution in [0.1, 0.15) is 25.5 Å². The van der Waals surface area contributed by atoms with Gasteiger partial charge in [0.05, 0.1) is 11.4 Å². The first kappa shape index (κ1) is 16.2. The molecule has 0 unspecified atom stereocenters. The van der Waals surface area contributed by atoms with Crippen LogP contribution in [0.3, 0.4) is 0 Å². The quantitative estimate of drug-likeness (QED) is 0.899. The van der Waals surface area contributed by atoms with Gasteiger partial charge in [-0.05, 0) is 26.0 Å². The smallest absolute Gasteiger partial charge is 0.285 e. The molecule has 5 heteroatoms. The summed E-state index contributed by atoms with van der Waals surface area (Å²) in [6.45, 7) is 4.03. The van der Waals surface area contributed by atoms with Crippen molar-refractivity contribution in [1.82, 2.24) is 0 Å². The third-order valence-electron chi connectivity index (χ3n) is 4.33. The van der Waals surface area contributed by atoms with Gasteiger partial charge in [-0.2, -0.15) is 0 Å². The van der Waals surface area contributed by atoms with E-state index in [2.05, 4.69) is 24.4 Å². The Morgan fingerprint density at radius 1 is 1.08 bits per heavy atom. The zero-order valence-electron chi connectivity index (χ0n) is 13.9. The summed E-state index contributed by atoms with van der Waals surface area (Å²) in [4.78, 5) is 26.4. The van der Waals surface area contributed by atoms with Gasteiger partial charge in [0.15, 0.2) is 6.04 Å². The van der Waals surface area contributed by atoms with Crippen molar-refractivity contribution in [1.29, 1.82) is 0 Å². The molecule has 0 spiro atoms. The number of hydrogen-bond acceptors (Lipinski definition) is 2. The predicted molar refractivity (Wildman–Crippen MR) is 93.7 cm³/mol. The van der Waals surface area contributed by atoms with Gasteiger partial charge < -0.3 is 10.6 Å². The van der Waals surface area contributed by atoms with E-state index in [1.165, 1.54) is 5.56 Å². The molecule has 124 valence electrons. The van der Waals surface area contributed by atoms with Crippen molar-refractivity contribution >= 4 is 23.2 Å². The number of nitrogens with one attached hydrogen (secondary N) is 1. The molecule has 2 atom stereocenters. The maximum atomic E-state index is 12.9. The summed E-state index contributed by atoms with van der Waals surface area (Å²) in [6, 6.07) is 17.4. The summed E-state index contributed by atoms with van der Waals surface area (Å²) in [6.07, 6.45) is 0. The normalized spacial score (nSPS) is 16.1. The largest absolute Gasteiger partial charge is 0.330 e. The van der Waals surface area contributed by atoms with Gasteiger partial charge >= 0.3 is 0 Å². The molecule has 24 heavy (non-hydrogen) atoms. The third-order valence-corrected chi connectivity index (χ3v) is 4.33. The first-order chi connectivity index (χ1) is 11.6. The van der Waals surface area contributed by atoms with Crippen LogP contribution in [0, 0.1) is 0 Å². The number of amides is 2. The molecule has 5 nitrogen and oxygen atoms in total. The monoisotopic (exact) mass is 324 g/mol. The summed E-state index contributed by atoms with van der Waals surface area (Å²) in [5, 5.41) is 4.84. The van der Waals surface area contributed by atoms with Crippen molar-refractivity contribution < 1.29 is 14.9 Å². The summed E-state index contributed by atoms with van der Waals surface area (Å²) in [7, 11) is 0. The average Bonchev–Trinajstić information content (AvgIpc) is 2.61. The Balaban J connectivity index is 1.75. The number of anilines is 2. The molecule has 2 aromatic rings. The highest BCUT2D eigenvalue weighted by Crippen LogP contribution is 2.29. The van der Waals surface area contributed by atoms with Crippen molar-refractivity contribution in [2.75, 3.05) is 16.8 Å². The molecule has 1 aliphatic rings. The Hall–Kier alpha value is -2.66. The van der Waals surface area contributed by atoms with Crippen molar-refractivity contribution in [2.45, 2.75) is 25.9 Å². The Bertz CT molecular complexity index is 745. The standard InChI is InChI=1S/C19H21N3O2/c1-13(15-8-4-3-5-9-15)20-14(2)19(24)22-12-18(23)21-16-10-6-7-11-17(16)22/h3-11,13-14,20H,12H2,1-2H3,(H,21,23)/p+1/t13-,14-/m1/s1. The average molecular weight is 324 g/mol. The van der Waals surface area contributed by atoms with Gasteiger partial charge in [-0.15, -0.1) is 0 Å². The predicted octanol–water partition coefficient (Wildman–Crippen LogP) is 1.68. The molecule has 0 saturated carbocycles. The first-order valence-electron chi connectivity index (χ1n) is 8.16. The Labute approximate surface area is 141 Å². The highest BCUT2D eigenvalue weighted by molar-refractivity contribution is 6.10. The lowest BCUT2D eigenvalue weighted by Gasteiger charge is -2.30. The molecular formula is C19H22N3O2+. The van der Waals surface area contributed by atoms with E-state index in [9.17, 15) is 9.59 Å². The number of nitrogens with zero attached hydrogens (tertiary/aromatic N) is 1. The van der Waals surface area contributed by atoms with Crippen molar-refractivity contribution in [3.8, 4) is 0 Å². The number of quaternary nitrogens is 1. The van der Waals surface area contributed by atoms with E-state index in [1.807, 2.05) is 54.7 Å². The maximum absolute atomic E-state index is 12.9. The number of hydrogen-bond donors (Lipinski definition) is 2. The lowest BCUT2D eigenvalue weighted by molar-refractivity contribution is -0.710. The van der Waals surface area contributed by atoms with E-state index < -0.39 is 0 Å². The third kappa shape index (κ3) is 3.31. The van der Waals surface area contributed by atoms with E-state index in [0.29, 0.717) is 5.69 Å². The van der Waals surface area contributed by atoms with Gasteiger partial charge in [-0.1, -0.05) is 42.5 Å².